The van der Waals surface area contributed by atoms with Crippen LogP contribution in [0.25, 0.3) is 0 Å². The normalized spacial score (nSPS) is 17.2. The maximum atomic E-state index is 12.0. The summed E-state index contributed by atoms with van der Waals surface area (Å²) in [6, 6.07) is 3.60. The first-order chi connectivity index (χ1) is 21.6. The van der Waals surface area contributed by atoms with E-state index in [9.17, 15) is 14.4 Å². The van der Waals surface area contributed by atoms with Crippen LogP contribution in [-0.2, 0) is 30.2 Å². The first kappa shape index (κ1) is 36.7. The van der Waals surface area contributed by atoms with Gasteiger partial charge in [0.2, 0.25) is 0 Å². The number of piperidine rings is 2. The fourth-order valence-corrected chi connectivity index (χ4v) is 5.93. The minimum absolute atomic E-state index is 0.0343. The molecule has 0 radical (unpaired) electrons. The Kier molecular flexibility index (Phi) is 14.6. The van der Waals surface area contributed by atoms with E-state index in [-0.39, 0.29) is 31.9 Å². The Morgan fingerprint density at radius 1 is 0.844 bits per heavy atom. The lowest BCUT2D eigenvalue weighted by atomic mass is 9.88. The minimum Gasteiger partial charge on any atom is -0.464 e. The number of aliphatic hydroxyl groups is 1. The monoisotopic (exact) mass is 762 g/mol. The van der Waals surface area contributed by atoms with Gasteiger partial charge in [0.1, 0.15) is 27.0 Å². The van der Waals surface area contributed by atoms with Crippen LogP contribution in [0.5, 0.6) is 0 Å². The molecule has 0 spiro atoms. The van der Waals surface area contributed by atoms with Gasteiger partial charge >= 0.3 is 18.0 Å². The zero-order chi connectivity index (χ0) is 32.9. The predicted molar refractivity (Wildman–Crippen MR) is 171 cm³/mol. The van der Waals surface area contributed by atoms with Crippen LogP contribution in [0.3, 0.4) is 0 Å². The average molecular weight is 765 g/mol. The van der Waals surface area contributed by atoms with Crippen molar-refractivity contribution < 1.29 is 33.7 Å². The molecular weight excluding hydrogens is 720 g/mol. The number of aromatic nitrogens is 4. The number of urea groups is 2. The molecule has 15 nitrogen and oxygen atoms in total. The van der Waals surface area contributed by atoms with Crippen molar-refractivity contribution >= 4 is 49.9 Å². The molecule has 2 fully saturated rings. The summed E-state index contributed by atoms with van der Waals surface area (Å²) in [7, 11) is 0. The molecule has 4 rings (SSSR count). The van der Waals surface area contributed by atoms with E-state index in [4.69, 9.17) is 19.3 Å². The largest absolute Gasteiger partial charge is 0.464 e. The Bertz CT molecular complexity index is 1230. The summed E-state index contributed by atoms with van der Waals surface area (Å²) in [4.78, 5) is 39.0. The lowest BCUT2D eigenvalue weighted by Gasteiger charge is -2.40. The number of rotatable bonds is 11. The van der Waals surface area contributed by atoms with E-state index in [1.165, 1.54) is 0 Å². The fraction of sp³-hybridized carbons (Fsp3) is 0.679. The van der Waals surface area contributed by atoms with Gasteiger partial charge in [0.25, 0.3) is 0 Å². The molecule has 4 heterocycles. The number of esters is 1. The second-order valence-corrected chi connectivity index (χ2v) is 12.2. The predicted octanol–water partition coefficient (Wildman–Crippen LogP) is 2.97. The van der Waals surface area contributed by atoms with Gasteiger partial charge in [-0.15, -0.1) is 0 Å². The Morgan fingerprint density at radius 3 is 1.64 bits per heavy atom. The lowest BCUT2D eigenvalue weighted by Crippen LogP contribution is -2.50. The van der Waals surface area contributed by atoms with Gasteiger partial charge in [0.15, 0.2) is 0 Å². The summed E-state index contributed by atoms with van der Waals surface area (Å²) in [5.41, 5.74) is 0.264. The number of halogens is 2. The third kappa shape index (κ3) is 10.1. The van der Waals surface area contributed by atoms with Crippen molar-refractivity contribution in [3.8, 4) is 0 Å². The number of nitrogens with zero attached hydrogens (tertiary/aromatic N) is 4. The van der Waals surface area contributed by atoms with Gasteiger partial charge in [0, 0.05) is 39.3 Å². The highest BCUT2D eigenvalue weighted by Crippen LogP contribution is 2.38. The van der Waals surface area contributed by atoms with Crippen molar-refractivity contribution in [2.45, 2.75) is 57.7 Å². The molecule has 5 N–H and O–H groups in total. The van der Waals surface area contributed by atoms with Crippen molar-refractivity contribution in [2.24, 2.45) is 0 Å². The topological polar surface area (TPSA) is 187 Å². The van der Waals surface area contributed by atoms with Gasteiger partial charge in [-0.05, 0) is 90.4 Å². The first-order valence-corrected chi connectivity index (χ1v) is 16.7. The molecule has 0 aliphatic carbocycles. The molecule has 2 aromatic rings. The van der Waals surface area contributed by atoms with Crippen LogP contribution in [0.4, 0.5) is 9.59 Å². The molecule has 0 bridgehead atoms. The van der Waals surface area contributed by atoms with Crippen LogP contribution in [0, 0.1) is 0 Å². The van der Waals surface area contributed by atoms with Crippen LogP contribution in [0.1, 0.15) is 57.8 Å². The van der Waals surface area contributed by atoms with E-state index in [0.717, 1.165) is 14.9 Å². The molecule has 17 heteroatoms. The van der Waals surface area contributed by atoms with Gasteiger partial charge in [-0.25, -0.2) is 14.4 Å². The summed E-state index contributed by atoms with van der Waals surface area (Å²) in [6.07, 6.45) is 2.42. The number of likely N-dealkylation sites (tertiary alicyclic amines) is 2. The number of carbonyl (C=O) groups is 3. The minimum atomic E-state index is -0.710. The summed E-state index contributed by atoms with van der Waals surface area (Å²) in [5.74, 6) is -0.405. The van der Waals surface area contributed by atoms with E-state index in [2.05, 4.69) is 62.9 Å². The molecule has 2 aromatic heterocycles. The highest BCUT2D eigenvalue weighted by atomic mass is 79.9. The van der Waals surface area contributed by atoms with Crippen molar-refractivity contribution in [2.75, 3.05) is 65.7 Å². The average Bonchev–Trinajstić information content (AvgIpc) is 3.69. The third-order valence-corrected chi connectivity index (χ3v) is 8.45. The van der Waals surface area contributed by atoms with Crippen LogP contribution in [-0.4, -0.2) is 119 Å². The molecule has 0 unspecified atom stereocenters. The van der Waals surface area contributed by atoms with Gasteiger partial charge in [-0.3, -0.25) is 10.2 Å². The van der Waals surface area contributed by atoms with Gasteiger partial charge in [-0.1, -0.05) is 0 Å². The highest BCUT2D eigenvalue weighted by molar-refractivity contribution is 9.10. The smallest absolute Gasteiger partial charge is 0.332 e. The van der Waals surface area contributed by atoms with E-state index in [1.807, 2.05) is 26.0 Å². The van der Waals surface area contributed by atoms with Crippen LogP contribution >= 0.6 is 31.9 Å². The maximum absolute atomic E-state index is 12.0. The fourth-order valence-electron chi connectivity index (χ4n) is 5.32. The zero-order valence-corrected chi connectivity index (χ0v) is 29.2. The Labute approximate surface area is 279 Å². The van der Waals surface area contributed by atoms with Crippen LogP contribution in [0.15, 0.2) is 21.3 Å². The van der Waals surface area contributed by atoms with E-state index < -0.39 is 17.2 Å². The number of ether oxygens (including phenoxy) is 3. The van der Waals surface area contributed by atoms with Crippen molar-refractivity contribution in [1.82, 2.24) is 40.8 Å². The first-order valence-electron chi connectivity index (χ1n) is 15.1. The van der Waals surface area contributed by atoms with E-state index in [1.54, 1.807) is 16.7 Å². The lowest BCUT2D eigenvalue weighted by molar-refractivity contribution is -0.160. The summed E-state index contributed by atoms with van der Waals surface area (Å²) in [6.45, 7) is 9.39. The van der Waals surface area contributed by atoms with E-state index in [0.29, 0.717) is 77.3 Å². The molecule has 2 saturated heterocycles. The zero-order valence-electron chi connectivity index (χ0n) is 26.0. The SMILES string of the molecule is CCNC(=O)N1CCC(OCC(=O)OCC)(c2cc(Br)[nH]n2)CC1.CCNC(=O)N1CCC(OCCO)(c2cc(Br)[nH]n2)CC1. The molecule has 0 saturated carbocycles. The van der Waals surface area contributed by atoms with Crippen LogP contribution in [0.2, 0.25) is 0 Å². The molecule has 4 amide bonds. The summed E-state index contributed by atoms with van der Waals surface area (Å²) >= 11 is 6.69. The number of hydrogen-bond donors (Lipinski definition) is 5. The second-order valence-electron chi connectivity index (χ2n) is 10.5. The maximum Gasteiger partial charge on any atom is 0.332 e. The summed E-state index contributed by atoms with van der Waals surface area (Å²) in [5, 5.41) is 28.9. The number of H-pyrrole nitrogens is 2. The second kappa shape index (κ2) is 17.8. The van der Waals surface area contributed by atoms with Gasteiger partial charge < -0.3 is 39.8 Å². The Morgan fingerprint density at radius 2 is 1.29 bits per heavy atom. The van der Waals surface area contributed by atoms with Crippen molar-refractivity contribution in [3.63, 3.8) is 0 Å². The van der Waals surface area contributed by atoms with Gasteiger partial charge in [-0.2, -0.15) is 10.2 Å². The molecule has 45 heavy (non-hydrogen) atoms. The van der Waals surface area contributed by atoms with Crippen molar-refractivity contribution in [3.05, 3.63) is 32.7 Å². The molecule has 252 valence electrons. The number of nitrogens with one attached hydrogen (secondary N) is 4. The molecule has 0 aromatic carbocycles. The quantitative estimate of drug-likeness (QED) is 0.215. The molecule has 2 aliphatic heterocycles. The molecule has 0 atom stereocenters. The van der Waals surface area contributed by atoms with E-state index >= 15 is 0 Å². The number of amides is 4. The van der Waals surface area contributed by atoms with Crippen LogP contribution < -0.4 is 10.6 Å². The van der Waals surface area contributed by atoms with Gasteiger partial charge in [0.05, 0.1) is 31.2 Å². The summed E-state index contributed by atoms with van der Waals surface area (Å²) < 4.78 is 18.3. The molecular formula is C28H44Br2N8O7. The number of aliphatic hydroxyl groups excluding tert-OH is 1. The Balaban J connectivity index is 0.000000248. The third-order valence-electron chi connectivity index (χ3n) is 7.64. The highest BCUT2D eigenvalue weighted by Gasteiger charge is 2.42. The Hall–Kier alpha value is -2.73. The van der Waals surface area contributed by atoms with Crippen molar-refractivity contribution in [1.29, 1.82) is 0 Å². The molecule has 2 aliphatic rings. The number of hydrogen-bond acceptors (Lipinski definition) is 9. The number of aromatic amines is 2. The standard InChI is InChI=1S/C15H23BrN4O4.C13H21BrN4O3/c1-3-17-14(22)20-7-5-15(6-8-20,11-9-12(16)19-18-11)24-10-13(21)23-4-2;1-2-15-12(20)18-5-3-13(4-6-18,21-8-7-19)10-9-11(14)17-16-10/h9H,3-8,10H2,1-2H3,(H,17,22)(H,18,19);9,19H,2-8H2,1H3,(H,15,20)(H,16,17). The number of carbonyl (C=O) groups excluding carboxylic acids is 3.